The highest BCUT2D eigenvalue weighted by Crippen LogP contribution is 2.20. The SMILES string of the molecule is CCCC(NCCCC(C)CO)c1ccc(Cl)cc1. The molecule has 2 atom stereocenters. The van der Waals surface area contributed by atoms with Crippen molar-refractivity contribution in [3.05, 3.63) is 34.9 Å². The Morgan fingerprint density at radius 1 is 1.21 bits per heavy atom. The van der Waals surface area contributed by atoms with E-state index in [4.69, 9.17) is 16.7 Å². The number of hydrogen-bond acceptors (Lipinski definition) is 2. The quantitative estimate of drug-likeness (QED) is 0.667. The second-order valence-electron chi connectivity index (χ2n) is 5.28. The van der Waals surface area contributed by atoms with E-state index in [9.17, 15) is 0 Å². The zero-order chi connectivity index (χ0) is 14.1. The molecule has 0 aliphatic carbocycles. The minimum Gasteiger partial charge on any atom is -0.396 e. The van der Waals surface area contributed by atoms with Crippen LogP contribution in [0, 0.1) is 5.92 Å². The van der Waals surface area contributed by atoms with Gasteiger partial charge in [0.15, 0.2) is 0 Å². The minimum atomic E-state index is 0.287. The molecular weight excluding hydrogens is 258 g/mol. The van der Waals surface area contributed by atoms with Crippen molar-refractivity contribution in [3.8, 4) is 0 Å². The van der Waals surface area contributed by atoms with E-state index in [2.05, 4.69) is 31.3 Å². The zero-order valence-electron chi connectivity index (χ0n) is 12.0. The molecule has 0 radical (unpaired) electrons. The Labute approximate surface area is 122 Å². The molecular formula is C16H26ClNO. The van der Waals surface area contributed by atoms with Gasteiger partial charge >= 0.3 is 0 Å². The number of aliphatic hydroxyl groups excluding tert-OH is 1. The predicted octanol–water partition coefficient (Wildman–Crippen LogP) is 4.18. The summed E-state index contributed by atoms with van der Waals surface area (Å²) in [7, 11) is 0. The van der Waals surface area contributed by atoms with Crippen LogP contribution in [0.1, 0.15) is 51.1 Å². The maximum absolute atomic E-state index is 9.00. The normalized spacial score (nSPS) is 14.3. The summed E-state index contributed by atoms with van der Waals surface area (Å²) < 4.78 is 0. The van der Waals surface area contributed by atoms with Crippen LogP contribution in [0.15, 0.2) is 24.3 Å². The molecule has 2 N–H and O–H groups in total. The van der Waals surface area contributed by atoms with E-state index < -0.39 is 0 Å². The molecule has 0 aliphatic heterocycles. The van der Waals surface area contributed by atoms with Gasteiger partial charge in [-0.1, -0.05) is 44.0 Å². The molecule has 0 amide bonds. The van der Waals surface area contributed by atoms with Gasteiger partial charge in [-0.15, -0.1) is 0 Å². The van der Waals surface area contributed by atoms with Gasteiger partial charge in [0.2, 0.25) is 0 Å². The third-order valence-electron chi connectivity index (χ3n) is 3.43. The maximum Gasteiger partial charge on any atom is 0.0456 e. The average Bonchev–Trinajstić information content (AvgIpc) is 2.43. The fraction of sp³-hybridized carbons (Fsp3) is 0.625. The van der Waals surface area contributed by atoms with Gasteiger partial charge in [0.25, 0.3) is 0 Å². The van der Waals surface area contributed by atoms with Gasteiger partial charge in [-0.25, -0.2) is 0 Å². The van der Waals surface area contributed by atoms with Crippen molar-refractivity contribution in [2.75, 3.05) is 13.2 Å². The number of nitrogens with one attached hydrogen (secondary N) is 1. The molecule has 19 heavy (non-hydrogen) atoms. The van der Waals surface area contributed by atoms with Gasteiger partial charge in [-0.2, -0.15) is 0 Å². The second kappa shape index (κ2) is 9.35. The van der Waals surface area contributed by atoms with Crippen LogP contribution in [0.5, 0.6) is 0 Å². The summed E-state index contributed by atoms with van der Waals surface area (Å²) in [6, 6.07) is 8.52. The van der Waals surface area contributed by atoms with Crippen LogP contribution in [-0.4, -0.2) is 18.3 Å². The van der Waals surface area contributed by atoms with Crippen molar-refractivity contribution in [3.63, 3.8) is 0 Å². The van der Waals surface area contributed by atoms with Gasteiger partial charge in [-0.05, 0) is 49.4 Å². The summed E-state index contributed by atoms with van der Waals surface area (Å²) in [6.45, 7) is 5.58. The first-order valence-corrected chi connectivity index (χ1v) is 7.64. The van der Waals surface area contributed by atoms with Crippen LogP contribution < -0.4 is 5.32 Å². The third kappa shape index (κ3) is 6.42. The Balaban J connectivity index is 2.42. The lowest BCUT2D eigenvalue weighted by Gasteiger charge is -2.19. The Hall–Kier alpha value is -0.570. The topological polar surface area (TPSA) is 32.3 Å². The van der Waals surface area contributed by atoms with Crippen molar-refractivity contribution >= 4 is 11.6 Å². The molecule has 108 valence electrons. The number of rotatable bonds is 9. The first-order valence-electron chi connectivity index (χ1n) is 7.27. The van der Waals surface area contributed by atoms with Crippen molar-refractivity contribution in [1.82, 2.24) is 5.32 Å². The predicted molar refractivity (Wildman–Crippen MR) is 82.6 cm³/mol. The van der Waals surface area contributed by atoms with E-state index in [1.807, 2.05) is 12.1 Å². The Morgan fingerprint density at radius 2 is 1.89 bits per heavy atom. The molecule has 0 spiro atoms. The van der Waals surface area contributed by atoms with Crippen LogP contribution in [0.25, 0.3) is 0 Å². The Morgan fingerprint density at radius 3 is 2.47 bits per heavy atom. The molecule has 0 fully saturated rings. The molecule has 0 bridgehead atoms. The Kier molecular flexibility index (Phi) is 8.11. The zero-order valence-corrected chi connectivity index (χ0v) is 12.8. The second-order valence-corrected chi connectivity index (χ2v) is 5.71. The lowest BCUT2D eigenvalue weighted by atomic mass is 10.0. The van der Waals surface area contributed by atoms with E-state index in [0.29, 0.717) is 12.0 Å². The monoisotopic (exact) mass is 283 g/mol. The number of benzene rings is 1. The van der Waals surface area contributed by atoms with Crippen molar-refractivity contribution < 1.29 is 5.11 Å². The summed E-state index contributed by atoms with van der Waals surface area (Å²) in [6.07, 6.45) is 4.48. The summed E-state index contributed by atoms with van der Waals surface area (Å²) in [4.78, 5) is 0. The van der Waals surface area contributed by atoms with Gasteiger partial charge in [-0.3, -0.25) is 0 Å². The Bertz CT molecular complexity index is 339. The summed E-state index contributed by atoms with van der Waals surface area (Å²) in [5, 5.41) is 13.4. The van der Waals surface area contributed by atoms with Gasteiger partial charge in [0, 0.05) is 17.7 Å². The van der Waals surface area contributed by atoms with E-state index in [1.54, 1.807) is 0 Å². The van der Waals surface area contributed by atoms with E-state index in [0.717, 1.165) is 37.3 Å². The molecule has 0 aliphatic rings. The van der Waals surface area contributed by atoms with E-state index in [1.165, 1.54) is 5.56 Å². The van der Waals surface area contributed by atoms with Gasteiger partial charge < -0.3 is 10.4 Å². The molecule has 2 nitrogen and oxygen atoms in total. The lowest BCUT2D eigenvalue weighted by molar-refractivity contribution is 0.227. The molecule has 0 saturated carbocycles. The van der Waals surface area contributed by atoms with Crippen LogP contribution in [0.3, 0.4) is 0 Å². The fourth-order valence-electron chi connectivity index (χ4n) is 2.19. The molecule has 0 saturated heterocycles. The highest BCUT2D eigenvalue weighted by molar-refractivity contribution is 6.30. The van der Waals surface area contributed by atoms with E-state index >= 15 is 0 Å². The highest BCUT2D eigenvalue weighted by Gasteiger charge is 2.09. The number of hydrogen-bond donors (Lipinski definition) is 2. The minimum absolute atomic E-state index is 0.287. The lowest BCUT2D eigenvalue weighted by Crippen LogP contribution is -2.23. The first-order chi connectivity index (χ1) is 9.17. The molecule has 0 aromatic heterocycles. The van der Waals surface area contributed by atoms with Crippen LogP contribution in [0.4, 0.5) is 0 Å². The average molecular weight is 284 g/mol. The summed E-state index contributed by atoms with van der Waals surface area (Å²) >= 11 is 5.93. The van der Waals surface area contributed by atoms with Crippen LogP contribution in [0.2, 0.25) is 5.02 Å². The van der Waals surface area contributed by atoms with Crippen molar-refractivity contribution in [2.24, 2.45) is 5.92 Å². The molecule has 1 rings (SSSR count). The van der Waals surface area contributed by atoms with Crippen molar-refractivity contribution in [2.45, 2.75) is 45.6 Å². The van der Waals surface area contributed by atoms with Gasteiger partial charge in [0.1, 0.15) is 0 Å². The molecule has 0 heterocycles. The summed E-state index contributed by atoms with van der Waals surface area (Å²) in [5.74, 6) is 0.405. The maximum atomic E-state index is 9.00. The third-order valence-corrected chi connectivity index (χ3v) is 3.68. The smallest absolute Gasteiger partial charge is 0.0456 e. The molecule has 1 aromatic carbocycles. The number of aliphatic hydroxyl groups is 1. The van der Waals surface area contributed by atoms with Crippen molar-refractivity contribution in [1.29, 1.82) is 0 Å². The number of halogens is 1. The fourth-order valence-corrected chi connectivity index (χ4v) is 2.31. The van der Waals surface area contributed by atoms with Crippen LogP contribution in [-0.2, 0) is 0 Å². The van der Waals surface area contributed by atoms with Crippen LogP contribution >= 0.6 is 11.6 Å². The molecule has 3 heteroatoms. The standard InChI is InChI=1S/C16H26ClNO/c1-3-5-16(14-7-9-15(17)10-8-14)18-11-4-6-13(2)12-19/h7-10,13,16,18-19H,3-6,11-12H2,1-2H3. The first kappa shape index (κ1) is 16.5. The van der Waals surface area contributed by atoms with E-state index in [-0.39, 0.29) is 6.61 Å². The highest BCUT2D eigenvalue weighted by atomic mass is 35.5. The molecule has 2 unspecified atom stereocenters. The molecule has 1 aromatic rings. The van der Waals surface area contributed by atoms with Gasteiger partial charge in [0.05, 0.1) is 0 Å². The summed E-state index contributed by atoms with van der Waals surface area (Å²) in [5.41, 5.74) is 1.31. The largest absolute Gasteiger partial charge is 0.396 e.